The Hall–Kier alpha value is -1.60. The van der Waals surface area contributed by atoms with Crippen LogP contribution in [0.5, 0.6) is 0 Å². The second kappa shape index (κ2) is 6.53. The van der Waals surface area contributed by atoms with Crippen LogP contribution < -0.4 is 5.32 Å². The number of nitrogens with one attached hydrogen (secondary N) is 1. The molecule has 1 aliphatic heterocycles. The van der Waals surface area contributed by atoms with Gasteiger partial charge in [0.1, 0.15) is 11.9 Å². The molecule has 1 N–H and O–H groups in total. The topological polar surface area (TPSA) is 52.0 Å². The highest BCUT2D eigenvalue weighted by atomic mass is 15.1. The lowest BCUT2D eigenvalue weighted by molar-refractivity contribution is 0.219. The van der Waals surface area contributed by atoms with E-state index in [9.17, 15) is 5.26 Å². The molecule has 102 valence electrons. The number of hydrogen-bond acceptors (Lipinski definition) is 4. The van der Waals surface area contributed by atoms with Crippen molar-refractivity contribution < 1.29 is 0 Å². The third-order valence-corrected chi connectivity index (χ3v) is 3.74. The maximum Gasteiger partial charge on any atom is 0.144 e. The van der Waals surface area contributed by atoms with Crippen LogP contribution in [0.15, 0.2) is 12.3 Å². The van der Waals surface area contributed by atoms with E-state index in [1.165, 1.54) is 13.0 Å². The Morgan fingerprint density at radius 2 is 2.21 bits per heavy atom. The van der Waals surface area contributed by atoms with Crippen LogP contribution in [0.25, 0.3) is 0 Å². The Bertz CT molecular complexity index is 456. The lowest BCUT2D eigenvalue weighted by Crippen LogP contribution is -2.39. The second-order valence-corrected chi connectivity index (χ2v) is 5.22. The third kappa shape index (κ3) is 3.45. The lowest BCUT2D eigenvalue weighted by Gasteiger charge is -2.32. The summed E-state index contributed by atoms with van der Waals surface area (Å²) in [6.45, 7) is 7.65. The summed E-state index contributed by atoms with van der Waals surface area (Å²) in [6, 6.07) is 4.57. The minimum atomic E-state index is 0.439. The minimum absolute atomic E-state index is 0.439. The highest BCUT2D eigenvalue weighted by molar-refractivity contribution is 5.55. The molecule has 1 aromatic heterocycles. The van der Waals surface area contributed by atoms with Gasteiger partial charge in [0.05, 0.1) is 5.56 Å². The van der Waals surface area contributed by atoms with E-state index in [4.69, 9.17) is 0 Å². The number of aromatic nitrogens is 1. The first-order valence-electron chi connectivity index (χ1n) is 7.09. The van der Waals surface area contributed by atoms with E-state index in [1.54, 1.807) is 6.20 Å². The molecule has 0 spiro atoms. The summed E-state index contributed by atoms with van der Waals surface area (Å²) in [5.74, 6) is 0.747. The molecule has 4 heteroatoms. The van der Waals surface area contributed by atoms with Crippen molar-refractivity contribution in [3.63, 3.8) is 0 Å². The number of piperidine rings is 1. The van der Waals surface area contributed by atoms with Crippen molar-refractivity contribution >= 4 is 5.82 Å². The summed E-state index contributed by atoms with van der Waals surface area (Å²) in [5.41, 5.74) is 1.67. The summed E-state index contributed by atoms with van der Waals surface area (Å²) in [7, 11) is 0. The summed E-state index contributed by atoms with van der Waals surface area (Å²) < 4.78 is 0. The number of pyridine rings is 1. The van der Waals surface area contributed by atoms with Gasteiger partial charge in [0.25, 0.3) is 0 Å². The molecule has 1 saturated heterocycles. The summed E-state index contributed by atoms with van der Waals surface area (Å²) in [4.78, 5) is 6.82. The molecule has 0 radical (unpaired) electrons. The maximum absolute atomic E-state index is 9.20. The normalized spacial score (nSPS) is 17.1. The average Bonchev–Trinajstić information content (AvgIpc) is 2.42. The van der Waals surface area contributed by atoms with Crippen molar-refractivity contribution in [1.29, 1.82) is 5.26 Å². The van der Waals surface area contributed by atoms with Crippen molar-refractivity contribution in [2.24, 2.45) is 0 Å². The monoisotopic (exact) mass is 258 g/mol. The largest absolute Gasteiger partial charge is 0.366 e. The molecule has 1 aromatic rings. The van der Waals surface area contributed by atoms with Crippen molar-refractivity contribution in [3.05, 3.63) is 23.4 Å². The molecule has 0 aliphatic carbocycles. The van der Waals surface area contributed by atoms with Crippen molar-refractivity contribution in [2.75, 3.05) is 25.0 Å². The number of anilines is 1. The Labute approximate surface area is 115 Å². The standard InChI is InChI=1S/C15H22N4/c1-3-8-19-9-5-13(6-10-19)18-15-14(11-16)12(2)4-7-17-15/h4,7,13H,3,5-6,8-10H2,1-2H3,(H,17,18). The predicted octanol–water partition coefficient (Wildman–Crippen LogP) is 2.55. The second-order valence-electron chi connectivity index (χ2n) is 5.22. The number of likely N-dealkylation sites (tertiary alicyclic amines) is 1. The van der Waals surface area contributed by atoms with E-state index in [0.29, 0.717) is 11.6 Å². The van der Waals surface area contributed by atoms with Crippen LogP contribution in [0.3, 0.4) is 0 Å². The van der Waals surface area contributed by atoms with Gasteiger partial charge in [0, 0.05) is 25.3 Å². The van der Waals surface area contributed by atoms with Crippen molar-refractivity contribution in [1.82, 2.24) is 9.88 Å². The van der Waals surface area contributed by atoms with E-state index >= 15 is 0 Å². The van der Waals surface area contributed by atoms with Crippen LogP contribution in [0.2, 0.25) is 0 Å². The molecule has 0 amide bonds. The number of nitrogens with zero attached hydrogens (tertiary/aromatic N) is 3. The highest BCUT2D eigenvalue weighted by Gasteiger charge is 2.19. The predicted molar refractivity (Wildman–Crippen MR) is 77.1 cm³/mol. The Morgan fingerprint density at radius 1 is 1.47 bits per heavy atom. The zero-order chi connectivity index (χ0) is 13.7. The van der Waals surface area contributed by atoms with Crippen LogP contribution in [0.4, 0.5) is 5.82 Å². The van der Waals surface area contributed by atoms with Gasteiger partial charge in [-0.15, -0.1) is 0 Å². The van der Waals surface area contributed by atoms with Crippen molar-refractivity contribution in [3.8, 4) is 6.07 Å². The average molecular weight is 258 g/mol. The molecule has 1 aliphatic rings. The zero-order valence-electron chi connectivity index (χ0n) is 11.8. The van der Waals surface area contributed by atoms with Crippen LogP contribution in [-0.4, -0.2) is 35.6 Å². The van der Waals surface area contributed by atoms with Crippen LogP contribution in [-0.2, 0) is 0 Å². The fraction of sp³-hybridized carbons (Fsp3) is 0.600. The van der Waals surface area contributed by atoms with Crippen LogP contribution in [0, 0.1) is 18.3 Å². The Morgan fingerprint density at radius 3 is 2.84 bits per heavy atom. The minimum Gasteiger partial charge on any atom is -0.366 e. The van der Waals surface area contributed by atoms with Gasteiger partial charge in [-0.3, -0.25) is 0 Å². The lowest BCUT2D eigenvalue weighted by atomic mass is 10.0. The number of hydrogen-bond donors (Lipinski definition) is 1. The molecule has 1 fully saturated rings. The first kappa shape index (κ1) is 13.8. The van der Waals surface area contributed by atoms with E-state index in [0.717, 1.165) is 37.3 Å². The fourth-order valence-electron chi connectivity index (χ4n) is 2.62. The summed E-state index contributed by atoms with van der Waals surface area (Å²) in [5, 5.41) is 12.6. The molecule has 0 aromatic carbocycles. The van der Waals surface area contributed by atoms with E-state index in [-0.39, 0.29) is 0 Å². The maximum atomic E-state index is 9.20. The number of nitriles is 1. The van der Waals surface area contributed by atoms with Gasteiger partial charge in [-0.2, -0.15) is 5.26 Å². The molecule has 4 nitrogen and oxygen atoms in total. The molecule has 2 rings (SSSR count). The molecular weight excluding hydrogens is 236 g/mol. The van der Waals surface area contributed by atoms with Gasteiger partial charge in [-0.25, -0.2) is 4.98 Å². The van der Waals surface area contributed by atoms with Gasteiger partial charge in [0.15, 0.2) is 0 Å². The number of rotatable bonds is 4. The Balaban J connectivity index is 1.96. The fourth-order valence-corrected chi connectivity index (χ4v) is 2.62. The first-order valence-corrected chi connectivity index (χ1v) is 7.09. The van der Waals surface area contributed by atoms with E-state index in [2.05, 4.69) is 28.2 Å². The molecular formula is C15H22N4. The summed E-state index contributed by atoms with van der Waals surface area (Å²) in [6.07, 6.45) is 5.24. The van der Waals surface area contributed by atoms with Gasteiger partial charge in [-0.05, 0) is 44.4 Å². The van der Waals surface area contributed by atoms with E-state index in [1.807, 2.05) is 13.0 Å². The van der Waals surface area contributed by atoms with Crippen LogP contribution in [0.1, 0.15) is 37.3 Å². The third-order valence-electron chi connectivity index (χ3n) is 3.74. The van der Waals surface area contributed by atoms with Gasteiger partial charge < -0.3 is 10.2 Å². The molecule has 0 unspecified atom stereocenters. The van der Waals surface area contributed by atoms with Gasteiger partial charge in [-0.1, -0.05) is 6.92 Å². The van der Waals surface area contributed by atoms with E-state index < -0.39 is 0 Å². The van der Waals surface area contributed by atoms with Gasteiger partial charge >= 0.3 is 0 Å². The Kier molecular flexibility index (Phi) is 4.75. The molecule has 19 heavy (non-hydrogen) atoms. The highest BCUT2D eigenvalue weighted by Crippen LogP contribution is 2.20. The number of aryl methyl sites for hydroxylation is 1. The first-order chi connectivity index (χ1) is 9.24. The smallest absolute Gasteiger partial charge is 0.144 e. The molecule has 0 atom stereocenters. The molecule has 2 heterocycles. The van der Waals surface area contributed by atoms with Crippen molar-refractivity contribution in [2.45, 2.75) is 39.2 Å². The SMILES string of the molecule is CCCN1CCC(Nc2nccc(C)c2C#N)CC1. The quantitative estimate of drug-likeness (QED) is 0.901. The summed E-state index contributed by atoms with van der Waals surface area (Å²) >= 11 is 0. The van der Waals surface area contributed by atoms with Gasteiger partial charge in [0.2, 0.25) is 0 Å². The molecule has 0 saturated carbocycles. The molecule has 0 bridgehead atoms. The van der Waals surface area contributed by atoms with Crippen LogP contribution >= 0.6 is 0 Å². The zero-order valence-corrected chi connectivity index (χ0v) is 11.8.